The Bertz CT molecular complexity index is 890. The Hall–Kier alpha value is -2.82. The molecule has 1 fully saturated rings. The summed E-state index contributed by atoms with van der Waals surface area (Å²) in [5, 5.41) is 3.42. The predicted octanol–water partition coefficient (Wildman–Crippen LogP) is 2.55. The van der Waals surface area contributed by atoms with Gasteiger partial charge >= 0.3 is 0 Å². The van der Waals surface area contributed by atoms with Gasteiger partial charge in [0.25, 0.3) is 11.8 Å². The first-order chi connectivity index (χ1) is 11.6. The Morgan fingerprint density at radius 3 is 2.54 bits per heavy atom. The van der Waals surface area contributed by atoms with Crippen LogP contribution in [0.15, 0.2) is 48.5 Å². The number of nitrogens with zero attached hydrogens (tertiary/aromatic N) is 2. The van der Waals surface area contributed by atoms with E-state index in [9.17, 15) is 9.59 Å². The molecule has 0 saturated heterocycles. The van der Waals surface area contributed by atoms with Crippen LogP contribution in [-0.2, 0) is 10.5 Å². The van der Waals surface area contributed by atoms with Crippen LogP contribution < -0.4 is 10.2 Å². The largest absolute Gasteiger partial charge is 0.350 e. The number of para-hydroxylation sites is 2. The SMILES string of the molecule is CN1C(=O)C2(Nc3ccccc3C(=O)N2C2CC2)c2ccccc21. The summed E-state index contributed by atoms with van der Waals surface area (Å²) in [4.78, 5) is 30.0. The third-order valence-corrected chi connectivity index (χ3v) is 5.23. The van der Waals surface area contributed by atoms with E-state index in [1.165, 1.54) is 0 Å². The molecule has 3 aliphatic rings. The molecule has 5 heteroatoms. The normalized spacial score (nSPS) is 24.9. The average molecular weight is 319 g/mol. The lowest BCUT2D eigenvalue weighted by Gasteiger charge is -2.45. The van der Waals surface area contributed by atoms with Crippen LogP contribution >= 0.6 is 0 Å². The molecule has 1 aliphatic carbocycles. The van der Waals surface area contributed by atoms with Crippen LogP contribution in [0.4, 0.5) is 11.4 Å². The van der Waals surface area contributed by atoms with E-state index < -0.39 is 5.66 Å². The number of nitrogens with one attached hydrogen (secondary N) is 1. The molecule has 2 heterocycles. The molecule has 1 atom stereocenters. The zero-order valence-electron chi connectivity index (χ0n) is 13.3. The maximum atomic E-state index is 13.3. The fourth-order valence-electron chi connectivity index (χ4n) is 3.98. The summed E-state index contributed by atoms with van der Waals surface area (Å²) in [6.07, 6.45) is 1.88. The summed E-state index contributed by atoms with van der Waals surface area (Å²) < 4.78 is 0. The standard InChI is InChI=1S/C19H17N3O2/c1-21-16-9-5-3-7-14(16)19(18(21)24)20-15-8-4-2-6-13(15)17(23)22(19)12-10-11-12/h2-9,12,20H,10-11H2,1H3. The summed E-state index contributed by atoms with van der Waals surface area (Å²) in [7, 11) is 1.77. The minimum absolute atomic E-state index is 0.0645. The van der Waals surface area contributed by atoms with E-state index in [4.69, 9.17) is 0 Å². The second-order valence-electron chi connectivity index (χ2n) is 6.67. The predicted molar refractivity (Wildman–Crippen MR) is 90.8 cm³/mol. The zero-order valence-corrected chi connectivity index (χ0v) is 13.3. The van der Waals surface area contributed by atoms with E-state index in [1.807, 2.05) is 48.5 Å². The number of likely N-dealkylation sites (N-methyl/N-ethyl adjacent to an activating group) is 1. The van der Waals surface area contributed by atoms with E-state index in [0.717, 1.165) is 29.8 Å². The summed E-state index contributed by atoms with van der Waals surface area (Å²) in [5.74, 6) is -0.163. The van der Waals surface area contributed by atoms with Crippen molar-refractivity contribution in [2.24, 2.45) is 0 Å². The van der Waals surface area contributed by atoms with Crippen molar-refractivity contribution in [1.29, 1.82) is 0 Å². The van der Waals surface area contributed by atoms with E-state index in [0.29, 0.717) is 5.56 Å². The highest BCUT2D eigenvalue weighted by Crippen LogP contribution is 2.50. The number of hydrogen-bond acceptors (Lipinski definition) is 3. The maximum absolute atomic E-state index is 13.3. The first kappa shape index (κ1) is 13.6. The topological polar surface area (TPSA) is 52.7 Å². The van der Waals surface area contributed by atoms with Crippen LogP contribution in [0.3, 0.4) is 0 Å². The number of carbonyl (C=O) groups is 2. The quantitative estimate of drug-likeness (QED) is 0.879. The van der Waals surface area contributed by atoms with E-state index in [-0.39, 0.29) is 17.9 Å². The van der Waals surface area contributed by atoms with Crippen LogP contribution in [0, 0.1) is 0 Å². The number of fused-ring (bicyclic) bond motifs is 3. The van der Waals surface area contributed by atoms with Crippen LogP contribution in [0.25, 0.3) is 0 Å². The average Bonchev–Trinajstić information content (AvgIpc) is 3.42. The number of anilines is 2. The van der Waals surface area contributed by atoms with Gasteiger partial charge in [-0.1, -0.05) is 30.3 Å². The van der Waals surface area contributed by atoms with Crippen molar-refractivity contribution in [3.8, 4) is 0 Å². The van der Waals surface area contributed by atoms with Crippen LogP contribution in [0.5, 0.6) is 0 Å². The second-order valence-corrected chi connectivity index (χ2v) is 6.67. The molecule has 1 spiro atoms. The Balaban J connectivity index is 1.80. The Kier molecular flexibility index (Phi) is 2.48. The summed E-state index contributed by atoms with van der Waals surface area (Å²) in [5.41, 5.74) is 1.94. The van der Waals surface area contributed by atoms with Crippen molar-refractivity contribution >= 4 is 23.2 Å². The number of benzene rings is 2. The first-order valence-electron chi connectivity index (χ1n) is 8.23. The summed E-state index contributed by atoms with van der Waals surface area (Å²) in [6.45, 7) is 0. The van der Waals surface area contributed by atoms with Gasteiger partial charge in [0.2, 0.25) is 5.66 Å². The minimum atomic E-state index is -1.13. The molecule has 2 amide bonds. The van der Waals surface area contributed by atoms with Gasteiger partial charge in [-0.3, -0.25) is 9.59 Å². The third-order valence-electron chi connectivity index (χ3n) is 5.23. The van der Waals surface area contributed by atoms with Crippen LogP contribution in [0.1, 0.15) is 28.8 Å². The lowest BCUT2D eigenvalue weighted by Crippen LogP contribution is -2.63. The van der Waals surface area contributed by atoms with Gasteiger partial charge in [-0.05, 0) is 31.0 Å². The maximum Gasteiger partial charge on any atom is 0.278 e. The molecule has 1 unspecified atom stereocenters. The minimum Gasteiger partial charge on any atom is -0.350 e. The van der Waals surface area contributed by atoms with Crippen molar-refractivity contribution in [1.82, 2.24) is 4.90 Å². The van der Waals surface area contributed by atoms with Gasteiger partial charge in [-0.2, -0.15) is 0 Å². The Labute approximate surface area is 139 Å². The lowest BCUT2D eigenvalue weighted by molar-refractivity contribution is -0.127. The molecule has 2 aliphatic heterocycles. The van der Waals surface area contributed by atoms with Crippen molar-refractivity contribution in [2.45, 2.75) is 24.5 Å². The van der Waals surface area contributed by atoms with Gasteiger partial charge in [0.05, 0.1) is 11.3 Å². The molecular formula is C19H17N3O2. The highest BCUT2D eigenvalue weighted by atomic mass is 16.2. The van der Waals surface area contributed by atoms with Crippen LogP contribution in [0.2, 0.25) is 0 Å². The molecule has 2 aromatic carbocycles. The molecule has 120 valence electrons. The molecular weight excluding hydrogens is 302 g/mol. The van der Waals surface area contributed by atoms with Crippen molar-refractivity contribution in [3.63, 3.8) is 0 Å². The van der Waals surface area contributed by atoms with Gasteiger partial charge in [0, 0.05) is 24.3 Å². The highest BCUT2D eigenvalue weighted by Gasteiger charge is 2.61. The second kappa shape index (κ2) is 4.38. The van der Waals surface area contributed by atoms with Crippen LogP contribution in [-0.4, -0.2) is 29.8 Å². The van der Waals surface area contributed by atoms with E-state index in [1.54, 1.807) is 16.8 Å². The van der Waals surface area contributed by atoms with Gasteiger partial charge in [-0.15, -0.1) is 0 Å². The smallest absolute Gasteiger partial charge is 0.278 e. The molecule has 24 heavy (non-hydrogen) atoms. The van der Waals surface area contributed by atoms with Crippen molar-refractivity contribution in [2.75, 3.05) is 17.3 Å². The van der Waals surface area contributed by atoms with Crippen molar-refractivity contribution in [3.05, 3.63) is 59.7 Å². The number of amides is 2. The fourth-order valence-corrected chi connectivity index (χ4v) is 3.98. The van der Waals surface area contributed by atoms with Gasteiger partial charge in [0.1, 0.15) is 0 Å². The zero-order chi connectivity index (χ0) is 16.5. The third kappa shape index (κ3) is 1.49. The van der Waals surface area contributed by atoms with Gasteiger partial charge in [-0.25, -0.2) is 0 Å². The number of carbonyl (C=O) groups excluding carboxylic acids is 2. The highest BCUT2D eigenvalue weighted by molar-refractivity contribution is 6.15. The fraction of sp³-hybridized carbons (Fsp3) is 0.263. The lowest BCUT2D eigenvalue weighted by atomic mass is 9.92. The molecule has 0 radical (unpaired) electrons. The molecule has 5 nitrogen and oxygen atoms in total. The number of rotatable bonds is 1. The van der Waals surface area contributed by atoms with E-state index >= 15 is 0 Å². The molecule has 2 aromatic rings. The van der Waals surface area contributed by atoms with Crippen molar-refractivity contribution < 1.29 is 9.59 Å². The molecule has 0 aromatic heterocycles. The van der Waals surface area contributed by atoms with Gasteiger partial charge in [0.15, 0.2) is 0 Å². The monoisotopic (exact) mass is 319 g/mol. The molecule has 1 saturated carbocycles. The van der Waals surface area contributed by atoms with E-state index in [2.05, 4.69) is 5.32 Å². The first-order valence-corrected chi connectivity index (χ1v) is 8.23. The summed E-state index contributed by atoms with van der Waals surface area (Å²) >= 11 is 0. The molecule has 1 N–H and O–H groups in total. The van der Waals surface area contributed by atoms with Gasteiger partial charge < -0.3 is 15.1 Å². The Morgan fingerprint density at radius 1 is 1.04 bits per heavy atom. The summed E-state index contributed by atoms with van der Waals surface area (Å²) in [6, 6.07) is 15.3. The molecule has 0 bridgehead atoms. The Morgan fingerprint density at radius 2 is 1.75 bits per heavy atom. The molecule has 5 rings (SSSR count). The number of hydrogen-bond donors (Lipinski definition) is 1.